The molecule has 2 aliphatic rings. The molecule has 0 amide bonds. The Morgan fingerprint density at radius 1 is 0.865 bits per heavy atom. The Balaban J connectivity index is 0.000000296. The van der Waals surface area contributed by atoms with Crippen molar-refractivity contribution in [2.45, 2.75) is 20.4 Å². The third kappa shape index (κ3) is 9.42. The van der Waals surface area contributed by atoms with E-state index in [1.54, 1.807) is 11.3 Å². The highest BCUT2D eigenvalue weighted by molar-refractivity contribution is 7.17. The molecular weight excluding hydrogens is 523 g/mol. The van der Waals surface area contributed by atoms with Crippen molar-refractivity contribution in [2.75, 3.05) is 71.6 Å². The monoisotopic (exact) mass is 564 g/mol. The predicted octanol–water partition coefficient (Wildman–Crippen LogP) is 5.62. The number of fused-ring (bicyclic) bond motifs is 2. The summed E-state index contributed by atoms with van der Waals surface area (Å²) in [6, 6.07) is 8.78. The molecule has 0 bridgehead atoms. The van der Waals surface area contributed by atoms with E-state index < -0.39 is 0 Å². The Bertz CT molecular complexity index is 1120. The van der Waals surface area contributed by atoms with Crippen molar-refractivity contribution in [3.8, 4) is 0 Å². The SMILES string of the molecule is Cc1cc2ccsc2[nH]1.Cc1cc2ccsc2n1CCN1CCOCC1.ClCCN1CCOCC1.[2H-].[B].[CH3-]. The molecule has 2 fully saturated rings. The van der Waals surface area contributed by atoms with Gasteiger partial charge in [0.1, 0.15) is 4.83 Å². The Morgan fingerprint density at radius 2 is 1.46 bits per heavy atom. The quantitative estimate of drug-likeness (QED) is 0.194. The van der Waals surface area contributed by atoms with Crippen LogP contribution in [0.1, 0.15) is 12.8 Å². The second kappa shape index (κ2) is 16.6. The number of morpholine rings is 2. The molecule has 6 rings (SSSR count). The molecule has 4 aromatic heterocycles. The van der Waals surface area contributed by atoms with Gasteiger partial charge < -0.3 is 27.9 Å². The van der Waals surface area contributed by atoms with Gasteiger partial charge in [-0.3, -0.25) is 9.80 Å². The van der Waals surface area contributed by atoms with Gasteiger partial charge in [0.25, 0.3) is 0 Å². The minimum Gasteiger partial charge on any atom is -1.00 e. The number of aromatic nitrogens is 2. The lowest BCUT2D eigenvalue weighted by Crippen LogP contribution is -2.38. The molecule has 205 valence electrons. The molecule has 0 aliphatic carbocycles. The van der Waals surface area contributed by atoms with Gasteiger partial charge in [0.05, 0.1) is 31.3 Å². The number of alkyl halides is 1. The number of hydrogen-bond donors (Lipinski definition) is 1. The van der Waals surface area contributed by atoms with Crippen molar-refractivity contribution < 1.29 is 10.9 Å². The fraction of sp³-hybridized carbons (Fsp3) is 0.519. The zero-order valence-corrected chi connectivity index (χ0v) is 24.8. The van der Waals surface area contributed by atoms with Crippen LogP contribution in [0, 0.1) is 21.3 Å². The average Bonchev–Trinajstić information content (AvgIpc) is 3.63. The molecule has 2 aliphatic heterocycles. The number of rotatable bonds is 5. The Morgan fingerprint density at radius 3 is 2.08 bits per heavy atom. The number of aryl methyl sites for hydroxylation is 2. The molecule has 6 heterocycles. The number of nitrogens with one attached hydrogen (secondary N) is 1. The maximum absolute atomic E-state index is 5.55. The molecular formula is C27H41BClN4O2S2-2. The van der Waals surface area contributed by atoms with Gasteiger partial charge in [0.15, 0.2) is 0 Å². The molecule has 37 heavy (non-hydrogen) atoms. The van der Waals surface area contributed by atoms with E-state index >= 15 is 0 Å². The summed E-state index contributed by atoms with van der Waals surface area (Å²) >= 11 is 9.15. The lowest BCUT2D eigenvalue weighted by molar-refractivity contribution is 0.0365. The van der Waals surface area contributed by atoms with Crippen LogP contribution in [0.5, 0.6) is 0 Å². The summed E-state index contributed by atoms with van der Waals surface area (Å²) in [4.78, 5) is 10.8. The number of aromatic amines is 1. The van der Waals surface area contributed by atoms with E-state index in [-0.39, 0.29) is 17.3 Å². The van der Waals surface area contributed by atoms with E-state index in [4.69, 9.17) is 21.1 Å². The summed E-state index contributed by atoms with van der Waals surface area (Å²) in [5.74, 6) is 0.736. The van der Waals surface area contributed by atoms with Gasteiger partial charge >= 0.3 is 0 Å². The summed E-state index contributed by atoms with van der Waals surface area (Å²) in [6.45, 7) is 15.3. The van der Waals surface area contributed by atoms with Crippen molar-refractivity contribution >= 4 is 63.1 Å². The normalized spacial score (nSPS) is 16.3. The highest BCUT2D eigenvalue weighted by Crippen LogP contribution is 2.25. The molecule has 3 radical (unpaired) electrons. The largest absolute Gasteiger partial charge is 1.00 e. The van der Waals surface area contributed by atoms with Crippen LogP contribution in [0.4, 0.5) is 0 Å². The number of thiophene rings is 2. The number of ether oxygens (including phenoxy) is 2. The smallest absolute Gasteiger partial charge is 0.103 e. The van der Waals surface area contributed by atoms with Crippen LogP contribution in [0.2, 0.25) is 0 Å². The van der Waals surface area contributed by atoms with Gasteiger partial charge in [0, 0.05) is 82.3 Å². The van der Waals surface area contributed by atoms with Crippen LogP contribution >= 0.6 is 34.3 Å². The first-order chi connectivity index (χ1) is 17.1. The maximum atomic E-state index is 5.55. The number of nitrogens with zero attached hydrogens (tertiary/aromatic N) is 3. The molecule has 0 unspecified atom stereocenters. The lowest BCUT2D eigenvalue weighted by atomic mass is 10.4. The van der Waals surface area contributed by atoms with E-state index in [0.717, 1.165) is 78.1 Å². The molecule has 0 atom stereocenters. The van der Waals surface area contributed by atoms with Crippen molar-refractivity contribution in [3.63, 3.8) is 0 Å². The predicted molar refractivity (Wildman–Crippen MR) is 164 cm³/mol. The van der Waals surface area contributed by atoms with Gasteiger partial charge in [-0.1, -0.05) is 0 Å². The molecule has 4 aromatic rings. The Kier molecular flexibility index (Phi) is 14.3. The van der Waals surface area contributed by atoms with Crippen molar-refractivity contribution in [1.82, 2.24) is 19.4 Å². The first-order valence-corrected chi connectivity index (χ1v) is 14.7. The van der Waals surface area contributed by atoms with Crippen molar-refractivity contribution in [2.24, 2.45) is 0 Å². The molecule has 6 nitrogen and oxygen atoms in total. The van der Waals surface area contributed by atoms with Crippen LogP contribution in [0.25, 0.3) is 20.4 Å². The standard InChI is InChI=1S/C13H18N2OS.C7H7NS.C6H12ClNO.CH3.B.H/c1-11-10-12-2-9-17-13(12)15(11)4-3-14-5-7-16-8-6-14;1-5-4-6-2-3-9-7(6)8-5;7-1-2-8-3-5-9-6-4-8;;;/h2,9-10H,3-8H2,1H3;2-4,8H,1H3;1-6H2;1H3;;/q;;;-1;;-1/i;;;;;1+1. The van der Waals surface area contributed by atoms with Crippen molar-refractivity contribution in [3.05, 3.63) is 53.8 Å². The number of halogens is 1. The zero-order valence-electron chi connectivity index (χ0n) is 23.4. The van der Waals surface area contributed by atoms with Gasteiger partial charge in [0.2, 0.25) is 0 Å². The molecule has 1 N–H and O–H groups in total. The number of H-pyrrole nitrogens is 1. The van der Waals surface area contributed by atoms with E-state index in [1.165, 1.54) is 31.8 Å². The zero-order chi connectivity index (χ0) is 24.5. The second-order valence-electron chi connectivity index (χ2n) is 8.87. The summed E-state index contributed by atoms with van der Waals surface area (Å²) in [5.41, 5.74) is 2.62. The summed E-state index contributed by atoms with van der Waals surface area (Å²) in [6.07, 6.45) is 0. The van der Waals surface area contributed by atoms with Gasteiger partial charge in [-0.25, -0.2) is 0 Å². The molecule has 0 aromatic carbocycles. The van der Waals surface area contributed by atoms with Gasteiger partial charge in [-0.2, -0.15) is 0 Å². The highest BCUT2D eigenvalue weighted by Gasteiger charge is 2.12. The topological polar surface area (TPSA) is 45.7 Å². The van der Waals surface area contributed by atoms with Crippen LogP contribution in [-0.4, -0.2) is 99.3 Å². The van der Waals surface area contributed by atoms with E-state index in [9.17, 15) is 0 Å². The van der Waals surface area contributed by atoms with Crippen molar-refractivity contribution in [1.29, 1.82) is 0 Å². The molecule has 10 heteroatoms. The second-order valence-corrected chi connectivity index (χ2v) is 11.1. The lowest BCUT2D eigenvalue weighted by Gasteiger charge is -2.26. The third-order valence-electron chi connectivity index (χ3n) is 6.34. The van der Waals surface area contributed by atoms with Crippen LogP contribution in [0.3, 0.4) is 0 Å². The van der Waals surface area contributed by atoms with E-state index in [0.29, 0.717) is 0 Å². The van der Waals surface area contributed by atoms with Crippen LogP contribution in [-0.2, 0) is 16.0 Å². The maximum Gasteiger partial charge on any atom is 0.103 e. The summed E-state index contributed by atoms with van der Waals surface area (Å²) in [5, 5.41) is 6.99. The first-order valence-electron chi connectivity index (χ1n) is 12.4. The Labute approximate surface area is 238 Å². The fourth-order valence-electron chi connectivity index (χ4n) is 4.37. The van der Waals surface area contributed by atoms with E-state index in [1.807, 2.05) is 11.3 Å². The Hall–Kier alpha value is -1.33. The van der Waals surface area contributed by atoms with Gasteiger partial charge in [-0.05, 0) is 48.9 Å². The first kappa shape index (κ1) is 31.9. The minimum absolute atomic E-state index is 0. The van der Waals surface area contributed by atoms with E-state index in [2.05, 4.69) is 68.2 Å². The van der Waals surface area contributed by atoms with Crippen LogP contribution < -0.4 is 0 Å². The van der Waals surface area contributed by atoms with Gasteiger partial charge in [-0.15, -0.1) is 34.3 Å². The average molecular weight is 565 g/mol. The highest BCUT2D eigenvalue weighted by atomic mass is 35.5. The minimum atomic E-state index is 0. The fourth-order valence-corrected chi connectivity index (χ4v) is 6.42. The summed E-state index contributed by atoms with van der Waals surface area (Å²) < 4.78 is 13.0. The summed E-state index contributed by atoms with van der Waals surface area (Å²) in [7, 11) is 0. The third-order valence-corrected chi connectivity index (χ3v) is 8.30. The van der Waals surface area contributed by atoms with Crippen LogP contribution in [0.15, 0.2) is 35.0 Å². The number of hydrogen-bond acceptors (Lipinski definition) is 6. The molecule has 0 spiro atoms. The molecule has 0 saturated carbocycles. The molecule has 2 saturated heterocycles.